The molecule has 6 heteroatoms. The Balaban J connectivity index is 2.13. The van der Waals surface area contributed by atoms with Crippen LogP contribution in [0.4, 0.5) is 8.78 Å². The van der Waals surface area contributed by atoms with Gasteiger partial charge in [-0.1, -0.05) is 30.3 Å². The van der Waals surface area contributed by atoms with Crippen molar-refractivity contribution in [3.05, 3.63) is 108 Å². The summed E-state index contributed by atoms with van der Waals surface area (Å²) in [4.78, 5) is 14.9. The Bertz CT molecular complexity index is 927. The Kier molecular flexibility index (Phi) is 3.65. The fourth-order valence-corrected chi connectivity index (χ4v) is 3.20. The van der Waals surface area contributed by atoms with Crippen LogP contribution in [0.15, 0.2) is 73.3 Å². The number of halogens is 2. The van der Waals surface area contributed by atoms with Crippen molar-refractivity contribution in [2.24, 2.45) is 0 Å². The predicted molar refractivity (Wildman–Crippen MR) is 89.0 cm³/mol. The van der Waals surface area contributed by atoms with Gasteiger partial charge in [0.1, 0.15) is 28.7 Å². The molecule has 0 unspecified atom stereocenters. The van der Waals surface area contributed by atoms with Gasteiger partial charge in [0, 0.05) is 30.4 Å². The van der Waals surface area contributed by atoms with Crippen LogP contribution in [0, 0.1) is 11.6 Å². The number of H-pyrrole nitrogens is 2. The van der Waals surface area contributed by atoms with Gasteiger partial charge in [0.15, 0.2) is 0 Å². The van der Waals surface area contributed by atoms with Crippen molar-refractivity contribution in [3.8, 4) is 0 Å². The molecule has 0 atom stereocenters. The third-order valence-electron chi connectivity index (χ3n) is 4.26. The van der Waals surface area contributed by atoms with Crippen molar-refractivity contribution in [1.82, 2.24) is 19.9 Å². The molecule has 0 saturated heterocycles. The van der Waals surface area contributed by atoms with Crippen LogP contribution < -0.4 is 0 Å². The van der Waals surface area contributed by atoms with Gasteiger partial charge in [-0.3, -0.25) is 0 Å². The highest BCUT2D eigenvalue weighted by atomic mass is 19.1. The average Bonchev–Trinajstić information content (AvgIpc) is 3.33. The van der Waals surface area contributed by atoms with Gasteiger partial charge in [-0.05, 0) is 23.8 Å². The normalized spacial score (nSPS) is 11.6. The van der Waals surface area contributed by atoms with E-state index in [0.29, 0.717) is 22.8 Å². The van der Waals surface area contributed by atoms with Crippen molar-refractivity contribution in [2.45, 2.75) is 5.41 Å². The fraction of sp³-hybridized carbons (Fsp3) is 0.0526. The molecule has 0 saturated carbocycles. The Labute approximate surface area is 142 Å². The van der Waals surface area contributed by atoms with E-state index in [9.17, 15) is 8.78 Å². The van der Waals surface area contributed by atoms with Gasteiger partial charge >= 0.3 is 0 Å². The minimum absolute atomic E-state index is 0.367. The quantitative estimate of drug-likeness (QED) is 0.596. The predicted octanol–water partition coefficient (Wildman–Crippen LogP) is 3.79. The van der Waals surface area contributed by atoms with Gasteiger partial charge in [0.05, 0.1) is 0 Å². The Morgan fingerprint density at radius 3 is 1.88 bits per heavy atom. The maximum Gasteiger partial charge on any atom is 0.139 e. The molecular weight excluding hydrogens is 322 g/mol. The van der Waals surface area contributed by atoms with Crippen LogP contribution in [0.25, 0.3) is 0 Å². The number of nitrogens with zero attached hydrogens (tertiary/aromatic N) is 2. The van der Waals surface area contributed by atoms with E-state index in [4.69, 9.17) is 0 Å². The molecule has 0 amide bonds. The first kappa shape index (κ1) is 15.3. The number of aromatic nitrogens is 4. The minimum Gasteiger partial charge on any atom is -0.347 e. The Morgan fingerprint density at radius 1 is 0.760 bits per heavy atom. The van der Waals surface area contributed by atoms with Gasteiger partial charge in [0.25, 0.3) is 0 Å². The summed E-state index contributed by atoms with van der Waals surface area (Å²) in [6.45, 7) is 0. The first-order valence-corrected chi connectivity index (χ1v) is 7.73. The van der Waals surface area contributed by atoms with Gasteiger partial charge in [-0.25, -0.2) is 18.7 Å². The summed E-state index contributed by atoms with van der Waals surface area (Å²) in [5, 5.41) is 0. The topological polar surface area (TPSA) is 57.4 Å². The van der Waals surface area contributed by atoms with E-state index in [1.807, 2.05) is 0 Å². The molecule has 25 heavy (non-hydrogen) atoms. The average molecular weight is 336 g/mol. The number of rotatable bonds is 4. The lowest BCUT2D eigenvalue weighted by Gasteiger charge is -2.31. The first-order chi connectivity index (χ1) is 12.2. The summed E-state index contributed by atoms with van der Waals surface area (Å²) in [5.41, 5.74) is -0.151. The van der Waals surface area contributed by atoms with E-state index in [0.717, 1.165) is 0 Å². The third kappa shape index (κ3) is 2.34. The van der Waals surface area contributed by atoms with Crippen LogP contribution in [-0.4, -0.2) is 19.9 Å². The molecule has 4 rings (SSSR count). The van der Waals surface area contributed by atoms with Gasteiger partial charge in [-0.2, -0.15) is 0 Å². The van der Waals surface area contributed by atoms with Gasteiger partial charge in [0.2, 0.25) is 0 Å². The van der Waals surface area contributed by atoms with Crippen molar-refractivity contribution in [2.75, 3.05) is 0 Å². The summed E-state index contributed by atoms with van der Waals surface area (Å²) < 4.78 is 28.4. The minimum atomic E-state index is -1.16. The standard InChI is InChI=1S/C19H14F2N4/c20-14-7-5-13(6-8-14)19(17-22-9-10-23-17,18-24-11-12-25-18)15-3-1-2-4-16(15)21/h1-12H,(H,22,23)(H,24,25). The summed E-state index contributed by atoms with van der Waals surface area (Å²) >= 11 is 0. The molecule has 0 bridgehead atoms. The maximum absolute atomic E-state index is 14.9. The summed E-state index contributed by atoms with van der Waals surface area (Å²) in [5.74, 6) is 0.197. The maximum atomic E-state index is 14.9. The fourth-order valence-electron chi connectivity index (χ4n) is 3.20. The van der Waals surface area contributed by atoms with Crippen molar-refractivity contribution >= 4 is 0 Å². The number of aromatic amines is 2. The van der Waals surface area contributed by atoms with Crippen LogP contribution >= 0.6 is 0 Å². The molecule has 2 N–H and O–H groups in total. The molecule has 4 nitrogen and oxygen atoms in total. The summed E-state index contributed by atoms with van der Waals surface area (Å²) in [6.07, 6.45) is 6.52. The Morgan fingerprint density at radius 2 is 1.36 bits per heavy atom. The number of hydrogen-bond acceptors (Lipinski definition) is 2. The zero-order valence-electron chi connectivity index (χ0n) is 13.1. The van der Waals surface area contributed by atoms with Gasteiger partial charge in [-0.15, -0.1) is 0 Å². The highest BCUT2D eigenvalue weighted by molar-refractivity contribution is 5.53. The molecule has 0 spiro atoms. The molecule has 2 aromatic heterocycles. The van der Waals surface area contributed by atoms with Crippen molar-refractivity contribution < 1.29 is 8.78 Å². The number of nitrogens with one attached hydrogen (secondary N) is 2. The van der Waals surface area contributed by atoms with E-state index in [1.54, 1.807) is 55.1 Å². The second-order valence-corrected chi connectivity index (χ2v) is 5.61. The van der Waals surface area contributed by atoms with Crippen LogP contribution in [0.5, 0.6) is 0 Å². The molecule has 2 heterocycles. The van der Waals surface area contributed by atoms with Crippen LogP contribution in [-0.2, 0) is 5.41 Å². The molecule has 0 radical (unpaired) electrons. The molecule has 0 aliphatic heterocycles. The molecule has 0 fully saturated rings. The molecule has 4 aromatic rings. The van der Waals surface area contributed by atoms with Crippen molar-refractivity contribution in [1.29, 1.82) is 0 Å². The lowest BCUT2D eigenvalue weighted by molar-refractivity contribution is 0.556. The van der Waals surface area contributed by atoms with Crippen molar-refractivity contribution in [3.63, 3.8) is 0 Å². The molecule has 124 valence electrons. The molecule has 0 aliphatic carbocycles. The third-order valence-corrected chi connectivity index (χ3v) is 4.26. The number of hydrogen-bond donors (Lipinski definition) is 2. The molecule has 0 aliphatic rings. The highest BCUT2D eigenvalue weighted by Gasteiger charge is 2.45. The second-order valence-electron chi connectivity index (χ2n) is 5.61. The van der Waals surface area contributed by atoms with Crippen LogP contribution in [0.1, 0.15) is 22.8 Å². The van der Waals surface area contributed by atoms with Gasteiger partial charge < -0.3 is 9.97 Å². The number of benzene rings is 2. The zero-order valence-corrected chi connectivity index (χ0v) is 13.1. The van der Waals surface area contributed by atoms with E-state index < -0.39 is 11.2 Å². The van der Waals surface area contributed by atoms with E-state index in [-0.39, 0.29) is 5.82 Å². The summed E-state index contributed by atoms with van der Waals surface area (Å²) in [6, 6.07) is 12.4. The highest BCUT2D eigenvalue weighted by Crippen LogP contribution is 2.42. The van der Waals surface area contributed by atoms with E-state index in [2.05, 4.69) is 19.9 Å². The Hall–Kier alpha value is -3.28. The lowest BCUT2D eigenvalue weighted by Crippen LogP contribution is -2.34. The molecule has 2 aromatic carbocycles. The van der Waals surface area contributed by atoms with Crippen LogP contribution in [0.3, 0.4) is 0 Å². The van der Waals surface area contributed by atoms with E-state index >= 15 is 0 Å². The van der Waals surface area contributed by atoms with Crippen LogP contribution in [0.2, 0.25) is 0 Å². The second kappa shape index (κ2) is 5.98. The SMILES string of the molecule is Fc1ccc(C(c2ncc[nH]2)(c2ncc[nH]2)c2ccccc2F)cc1. The van der Waals surface area contributed by atoms with E-state index in [1.165, 1.54) is 18.2 Å². The smallest absolute Gasteiger partial charge is 0.139 e. The summed E-state index contributed by atoms with van der Waals surface area (Å²) in [7, 11) is 0. The zero-order chi connectivity index (χ0) is 17.3. The molecular formula is C19H14F2N4. The number of imidazole rings is 2. The lowest BCUT2D eigenvalue weighted by atomic mass is 9.72. The largest absolute Gasteiger partial charge is 0.347 e. The monoisotopic (exact) mass is 336 g/mol. The first-order valence-electron chi connectivity index (χ1n) is 7.73.